The minimum Gasteiger partial charge on any atom is -0.335 e. The van der Waals surface area contributed by atoms with E-state index in [4.69, 9.17) is 6.42 Å². The molecule has 0 radical (unpaired) electrons. The predicted octanol–water partition coefficient (Wildman–Crippen LogP) is 1.64. The second-order valence-corrected chi connectivity index (χ2v) is 3.72. The van der Waals surface area contributed by atoms with Crippen molar-refractivity contribution in [2.45, 2.75) is 44.6 Å². The summed E-state index contributed by atoms with van der Waals surface area (Å²) in [6.45, 7) is 0.304. The summed E-state index contributed by atoms with van der Waals surface area (Å²) in [6, 6.07) is 0.213. The van der Waals surface area contributed by atoms with E-state index in [0.717, 1.165) is 12.8 Å². The van der Waals surface area contributed by atoms with Gasteiger partial charge in [0.2, 0.25) is 0 Å². The van der Waals surface area contributed by atoms with E-state index >= 15 is 0 Å². The first kappa shape index (κ1) is 10.9. The summed E-state index contributed by atoms with van der Waals surface area (Å²) in [5.74, 6) is 2.38. The van der Waals surface area contributed by atoms with E-state index in [1.54, 1.807) is 0 Å². The number of nitrogens with one attached hydrogen (secondary N) is 2. The lowest BCUT2D eigenvalue weighted by molar-refractivity contribution is 0.236. The molecule has 0 aliphatic heterocycles. The van der Waals surface area contributed by atoms with Crippen LogP contribution >= 0.6 is 0 Å². The van der Waals surface area contributed by atoms with Crippen molar-refractivity contribution in [2.75, 3.05) is 6.54 Å². The van der Waals surface area contributed by atoms with Gasteiger partial charge in [0.25, 0.3) is 0 Å². The Morgan fingerprint density at radius 1 is 1.29 bits per heavy atom. The topological polar surface area (TPSA) is 41.1 Å². The largest absolute Gasteiger partial charge is 0.335 e. The first-order chi connectivity index (χ1) is 6.83. The summed E-state index contributed by atoms with van der Waals surface area (Å²) in [7, 11) is 0. The molecule has 0 unspecified atom stereocenters. The zero-order valence-corrected chi connectivity index (χ0v) is 8.51. The van der Waals surface area contributed by atoms with Crippen molar-refractivity contribution in [3.05, 3.63) is 0 Å². The summed E-state index contributed by atoms with van der Waals surface area (Å²) in [5.41, 5.74) is 0. The van der Waals surface area contributed by atoms with Gasteiger partial charge >= 0.3 is 6.03 Å². The third-order valence-corrected chi connectivity index (χ3v) is 2.54. The van der Waals surface area contributed by atoms with Crippen LogP contribution in [-0.2, 0) is 0 Å². The van der Waals surface area contributed by atoms with E-state index in [1.807, 2.05) is 0 Å². The van der Waals surface area contributed by atoms with E-state index in [1.165, 1.54) is 25.7 Å². The highest BCUT2D eigenvalue weighted by molar-refractivity contribution is 5.74. The van der Waals surface area contributed by atoms with Crippen molar-refractivity contribution >= 4 is 6.03 Å². The van der Waals surface area contributed by atoms with Gasteiger partial charge in [-0.05, 0) is 12.8 Å². The zero-order chi connectivity index (χ0) is 10.2. The van der Waals surface area contributed by atoms with Gasteiger partial charge in [-0.1, -0.05) is 31.6 Å². The highest BCUT2D eigenvalue weighted by Gasteiger charge is 2.13. The smallest absolute Gasteiger partial charge is 0.315 e. The SMILES string of the molecule is C#CCNC(=O)NC1CCCCCC1. The van der Waals surface area contributed by atoms with Crippen molar-refractivity contribution in [2.24, 2.45) is 0 Å². The Bertz CT molecular complexity index is 212. The van der Waals surface area contributed by atoms with Crippen LogP contribution in [0.5, 0.6) is 0 Å². The van der Waals surface area contributed by atoms with Gasteiger partial charge in [-0.15, -0.1) is 6.42 Å². The third kappa shape index (κ3) is 4.18. The standard InChI is InChI=1S/C11H18N2O/c1-2-9-12-11(14)13-10-7-5-3-4-6-8-10/h1,10H,3-9H2,(H2,12,13,14). The molecule has 1 aliphatic carbocycles. The predicted molar refractivity (Wildman–Crippen MR) is 56.9 cm³/mol. The van der Waals surface area contributed by atoms with Crippen LogP contribution in [0, 0.1) is 12.3 Å². The normalized spacial score (nSPS) is 17.9. The van der Waals surface area contributed by atoms with Gasteiger partial charge in [0.1, 0.15) is 0 Å². The molecule has 78 valence electrons. The van der Waals surface area contributed by atoms with Gasteiger partial charge in [-0.2, -0.15) is 0 Å². The van der Waals surface area contributed by atoms with E-state index in [9.17, 15) is 4.79 Å². The number of amides is 2. The molecule has 1 rings (SSSR count). The van der Waals surface area contributed by atoms with Crippen molar-refractivity contribution < 1.29 is 4.79 Å². The lowest BCUT2D eigenvalue weighted by atomic mass is 10.1. The maximum atomic E-state index is 11.3. The molecule has 1 saturated carbocycles. The first-order valence-electron chi connectivity index (χ1n) is 5.31. The highest BCUT2D eigenvalue weighted by atomic mass is 16.2. The van der Waals surface area contributed by atoms with Crippen LogP contribution in [0.4, 0.5) is 4.79 Å². The molecule has 2 amide bonds. The fraction of sp³-hybridized carbons (Fsp3) is 0.727. The van der Waals surface area contributed by atoms with E-state index in [-0.39, 0.29) is 6.03 Å². The molecular formula is C11H18N2O. The number of carbonyl (C=O) groups is 1. The number of carbonyl (C=O) groups excluding carboxylic acids is 1. The van der Waals surface area contributed by atoms with Crippen LogP contribution in [0.25, 0.3) is 0 Å². The van der Waals surface area contributed by atoms with Gasteiger partial charge in [0.05, 0.1) is 6.54 Å². The van der Waals surface area contributed by atoms with Crippen LogP contribution in [0.15, 0.2) is 0 Å². The Labute approximate surface area is 85.6 Å². The Kier molecular flexibility index (Phi) is 4.92. The number of terminal acetylenes is 1. The summed E-state index contributed by atoms with van der Waals surface area (Å²) >= 11 is 0. The highest BCUT2D eigenvalue weighted by Crippen LogP contribution is 2.16. The molecule has 0 aromatic carbocycles. The van der Waals surface area contributed by atoms with Gasteiger partial charge in [-0.25, -0.2) is 4.79 Å². The Hall–Kier alpha value is -1.17. The van der Waals surface area contributed by atoms with Crippen LogP contribution < -0.4 is 10.6 Å². The fourth-order valence-corrected chi connectivity index (χ4v) is 1.79. The molecule has 3 nitrogen and oxygen atoms in total. The quantitative estimate of drug-likeness (QED) is 0.509. The monoisotopic (exact) mass is 194 g/mol. The summed E-state index contributed by atoms with van der Waals surface area (Å²) in [6.07, 6.45) is 12.3. The summed E-state index contributed by atoms with van der Waals surface area (Å²) < 4.78 is 0. The van der Waals surface area contributed by atoms with Crippen molar-refractivity contribution in [3.63, 3.8) is 0 Å². The Balaban J connectivity index is 2.21. The van der Waals surface area contributed by atoms with Crippen molar-refractivity contribution in [1.29, 1.82) is 0 Å². The van der Waals surface area contributed by atoms with Crippen LogP contribution in [0.1, 0.15) is 38.5 Å². The van der Waals surface area contributed by atoms with Crippen LogP contribution in [-0.4, -0.2) is 18.6 Å². The lowest BCUT2D eigenvalue weighted by Gasteiger charge is -2.15. The van der Waals surface area contributed by atoms with Gasteiger partial charge in [-0.3, -0.25) is 0 Å². The average molecular weight is 194 g/mol. The molecule has 14 heavy (non-hydrogen) atoms. The zero-order valence-electron chi connectivity index (χ0n) is 8.51. The molecule has 1 aliphatic rings. The van der Waals surface area contributed by atoms with Gasteiger partial charge < -0.3 is 10.6 Å². The molecule has 0 atom stereocenters. The lowest BCUT2D eigenvalue weighted by Crippen LogP contribution is -2.41. The summed E-state index contributed by atoms with van der Waals surface area (Å²) in [4.78, 5) is 11.3. The van der Waals surface area contributed by atoms with Crippen LogP contribution in [0.3, 0.4) is 0 Å². The third-order valence-electron chi connectivity index (χ3n) is 2.54. The molecule has 2 N–H and O–H groups in total. The molecule has 3 heteroatoms. The molecular weight excluding hydrogens is 176 g/mol. The van der Waals surface area contributed by atoms with Crippen LogP contribution in [0.2, 0.25) is 0 Å². The number of urea groups is 1. The number of hydrogen-bond acceptors (Lipinski definition) is 1. The van der Waals surface area contributed by atoms with Gasteiger partial charge in [0.15, 0.2) is 0 Å². The number of hydrogen-bond donors (Lipinski definition) is 2. The second-order valence-electron chi connectivity index (χ2n) is 3.72. The first-order valence-corrected chi connectivity index (χ1v) is 5.31. The maximum absolute atomic E-state index is 11.3. The van der Waals surface area contributed by atoms with E-state index in [2.05, 4.69) is 16.6 Å². The molecule has 1 fully saturated rings. The van der Waals surface area contributed by atoms with E-state index in [0.29, 0.717) is 12.6 Å². The molecule has 0 saturated heterocycles. The van der Waals surface area contributed by atoms with Crippen molar-refractivity contribution in [1.82, 2.24) is 10.6 Å². The van der Waals surface area contributed by atoms with Crippen molar-refractivity contribution in [3.8, 4) is 12.3 Å². The second kappa shape index (κ2) is 6.31. The molecule has 0 heterocycles. The number of rotatable bonds is 2. The minimum absolute atomic E-state index is 0.130. The fourth-order valence-electron chi connectivity index (χ4n) is 1.79. The Morgan fingerprint density at radius 2 is 1.93 bits per heavy atom. The van der Waals surface area contributed by atoms with E-state index < -0.39 is 0 Å². The molecule has 0 aromatic heterocycles. The molecule has 0 bridgehead atoms. The summed E-state index contributed by atoms with van der Waals surface area (Å²) in [5, 5.41) is 5.56. The molecule has 0 aromatic rings. The maximum Gasteiger partial charge on any atom is 0.315 e. The minimum atomic E-state index is -0.130. The van der Waals surface area contributed by atoms with Gasteiger partial charge in [0, 0.05) is 6.04 Å². The molecule has 0 spiro atoms. The average Bonchev–Trinajstić information content (AvgIpc) is 2.43. The Morgan fingerprint density at radius 3 is 2.50 bits per heavy atom.